The Kier molecular flexibility index (Phi) is 3.12. The molecule has 70 valence electrons. The van der Waals surface area contributed by atoms with Gasteiger partial charge in [-0.15, -0.1) is 0 Å². The Morgan fingerprint density at radius 2 is 2.15 bits per heavy atom. The van der Waals surface area contributed by atoms with Crippen LogP contribution < -0.4 is 0 Å². The Labute approximate surface area is 85.9 Å². The highest BCUT2D eigenvalue weighted by atomic mass is 127. The van der Waals surface area contributed by atoms with Crippen molar-refractivity contribution < 1.29 is 18.7 Å². The van der Waals surface area contributed by atoms with Crippen LogP contribution in [0, 0.1) is 3.70 Å². The highest BCUT2D eigenvalue weighted by molar-refractivity contribution is 14.1. The lowest BCUT2D eigenvalue weighted by atomic mass is 10.2. The topological polar surface area (TPSA) is 50.2 Å². The lowest BCUT2D eigenvalue weighted by Crippen LogP contribution is -2.03. The number of hydrogen-bond donors (Lipinski definition) is 1. The lowest BCUT2D eigenvalue weighted by Gasteiger charge is -2.01. The van der Waals surface area contributed by atoms with Gasteiger partial charge < -0.3 is 5.11 Å². The number of carboxylic acid groups (broad SMARTS) is 1. The Bertz CT molecular complexity index is 343. The van der Waals surface area contributed by atoms with Crippen molar-refractivity contribution in [3.63, 3.8) is 0 Å². The summed E-state index contributed by atoms with van der Waals surface area (Å²) in [5, 5.41) is 8.50. The molecule has 0 fully saturated rings. The first-order valence-corrected chi connectivity index (χ1v) is 4.27. The predicted molar refractivity (Wildman–Crippen MR) is 48.9 cm³/mol. The highest BCUT2D eigenvalue weighted by Gasteiger charge is 2.13. The van der Waals surface area contributed by atoms with Crippen LogP contribution in [0.1, 0.15) is 22.5 Å². The second kappa shape index (κ2) is 3.95. The number of rotatable bonds is 2. The fourth-order valence-electron chi connectivity index (χ4n) is 0.752. The van der Waals surface area contributed by atoms with E-state index in [2.05, 4.69) is 4.98 Å². The van der Waals surface area contributed by atoms with E-state index in [0.717, 1.165) is 12.1 Å². The molecule has 0 aliphatic carbocycles. The molecule has 0 radical (unpaired) electrons. The maximum absolute atomic E-state index is 12.2. The van der Waals surface area contributed by atoms with Gasteiger partial charge in [-0.1, -0.05) is 0 Å². The van der Waals surface area contributed by atoms with Gasteiger partial charge >= 0.3 is 5.97 Å². The largest absolute Gasteiger partial charge is 0.477 e. The van der Waals surface area contributed by atoms with Crippen molar-refractivity contribution in [1.29, 1.82) is 0 Å². The van der Waals surface area contributed by atoms with E-state index in [1.165, 1.54) is 0 Å². The Morgan fingerprint density at radius 1 is 1.54 bits per heavy atom. The number of hydrogen-bond acceptors (Lipinski definition) is 2. The van der Waals surface area contributed by atoms with Crippen LogP contribution in [-0.2, 0) is 0 Å². The van der Waals surface area contributed by atoms with Crippen molar-refractivity contribution in [1.82, 2.24) is 4.98 Å². The number of aromatic nitrogens is 1. The Hall–Kier alpha value is -0.790. The van der Waals surface area contributed by atoms with Crippen molar-refractivity contribution in [3.05, 3.63) is 27.1 Å². The SMILES string of the molecule is O=C(O)c1cc(C(F)F)cc(I)n1. The van der Waals surface area contributed by atoms with Crippen molar-refractivity contribution >= 4 is 28.6 Å². The molecule has 0 aliphatic heterocycles. The molecule has 3 nitrogen and oxygen atoms in total. The fraction of sp³-hybridized carbons (Fsp3) is 0.143. The zero-order valence-corrected chi connectivity index (χ0v) is 8.33. The monoisotopic (exact) mass is 299 g/mol. The molecule has 0 bridgehead atoms. The first-order valence-electron chi connectivity index (χ1n) is 3.19. The molecule has 0 amide bonds. The van der Waals surface area contributed by atoms with Crippen LogP contribution >= 0.6 is 22.6 Å². The summed E-state index contributed by atoms with van der Waals surface area (Å²) < 4.78 is 24.6. The minimum absolute atomic E-state index is 0.243. The summed E-state index contributed by atoms with van der Waals surface area (Å²) in [6.45, 7) is 0. The molecule has 0 aromatic carbocycles. The third-order valence-corrected chi connectivity index (χ3v) is 1.84. The molecule has 0 unspecified atom stereocenters. The van der Waals surface area contributed by atoms with Crippen LogP contribution in [0.3, 0.4) is 0 Å². The number of halogens is 3. The van der Waals surface area contributed by atoms with E-state index < -0.39 is 12.4 Å². The first kappa shape index (κ1) is 10.3. The van der Waals surface area contributed by atoms with Crippen molar-refractivity contribution in [2.45, 2.75) is 6.43 Å². The van der Waals surface area contributed by atoms with Gasteiger partial charge in [-0.25, -0.2) is 18.6 Å². The molecule has 1 aromatic heterocycles. The first-order chi connectivity index (χ1) is 6.00. The van der Waals surface area contributed by atoms with E-state index in [9.17, 15) is 13.6 Å². The van der Waals surface area contributed by atoms with Crippen LogP contribution in [0.25, 0.3) is 0 Å². The van der Waals surface area contributed by atoms with Gasteiger partial charge in [0, 0.05) is 5.56 Å². The second-order valence-electron chi connectivity index (χ2n) is 2.21. The Balaban J connectivity index is 3.19. The van der Waals surface area contributed by atoms with E-state index in [4.69, 9.17) is 5.11 Å². The summed E-state index contributed by atoms with van der Waals surface area (Å²) in [5.74, 6) is -1.31. The van der Waals surface area contributed by atoms with E-state index in [-0.39, 0.29) is 15.0 Å². The average Bonchev–Trinajstić information content (AvgIpc) is 2.03. The number of carbonyl (C=O) groups is 1. The standard InChI is InChI=1S/C7H4F2INO2/c8-6(9)3-1-4(7(12)13)11-5(10)2-3/h1-2,6H,(H,12,13). The maximum Gasteiger partial charge on any atom is 0.354 e. The summed E-state index contributed by atoms with van der Waals surface area (Å²) in [6, 6.07) is 2.02. The van der Waals surface area contributed by atoms with E-state index in [1.54, 1.807) is 22.6 Å². The average molecular weight is 299 g/mol. The number of carboxylic acids is 1. The molecule has 0 spiro atoms. The van der Waals surface area contributed by atoms with Gasteiger partial charge in [0.15, 0.2) is 0 Å². The van der Waals surface area contributed by atoms with Gasteiger partial charge in [0.05, 0.1) is 0 Å². The number of nitrogens with zero attached hydrogens (tertiary/aromatic N) is 1. The van der Waals surface area contributed by atoms with Gasteiger partial charge in [0.25, 0.3) is 6.43 Å². The molecule has 0 saturated heterocycles. The Morgan fingerprint density at radius 3 is 2.62 bits per heavy atom. The molecule has 0 aliphatic rings. The molecule has 13 heavy (non-hydrogen) atoms. The van der Waals surface area contributed by atoms with E-state index in [1.807, 2.05) is 0 Å². The highest BCUT2D eigenvalue weighted by Crippen LogP contribution is 2.20. The molecule has 0 atom stereocenters. The molecule has 1 rings (SSSR count). The third kappa shape index (κ3) is 2.58. The van der Waals surface area contributed by atoms with Gasteiger partial charge in [0.1, 0.15) is 9.39 Å². The smallest absolute Gasteiger partial charge is 0.354 e. The molecule has 0 saturated carbocycles. The van der Waals surface area contributed by atoms with Crippen LogP contribution in [-0.4, -0.2) is 16.1 Å². The van der Waals surface area contributed by atoms with E-state index in [0.29, 0.717) is 0 Å². The number of alkyl halides is 2. The quantitative estimate of drug-likeness (QED) is 0.673. The van der Waals surface area contributed by atoms with Crippen LogP contribution in [0.4, 0.5) is 8.78 Å². The molecular formula is C7H4F2INO2. The lowest BCUT2D eigenvalue weighted by molar-refractivity contribution is 0.0689. The summed E-state index contributed by atoms with van der Waals surface area (Å²) in [6.07, 6.45) is -2.67. The number of pyridine rings is 1. The molecule has 1 N–H and O–H groups in total. The maximum atomic E-state index is 12.2. The molecule has 6 heteroatoms. The minimum atomic E-state index is -2.67. The van der Waals surface area contributed by atoms with Crippen LogP contribution in [0.2, 0.25) is 0 Å². The van der Waals surface area contributed by atoms with Crippen molar-refractivity contribution in [3.8, 4) is 0 Å². The van der Waals surface area contributed by atoms with Gasteiger partial charge in [-0.2, -0.15) is 0 Å². The summed E-state index contributed by atoms with van der Waals surface area (Å²) >= 11 is 1.69. The van der Waals surface area contributed by atoms with Gasteiger partial charge in [0.2, 0.25) is 0 Å². The normalized spacial score (nSPS) is 10.5. The third-order valence-electron chi connectivity index (χ3n) is 1.29. The van der Waals surface area contributed by atoms with Crippen molar-refractivity contribution in [2.24, 2.45) is 0 Å². The zero-order chi connectivity index (χ0) is 10.0. The van der Waals surface area contributed by atoms with Gasteiger partial charge in [-0.3, -0.25) is 0 Å². The fourth-order valence-corrected chi connectivity index (χ4v) is 1.37. The summed E-state index contributed by atoms with van der Waals surface area (Å²) in [4.78, 5) is 14.0. The van der Waals surface area contributed by atoms with Crippen LogP contribution in [0.5, 0.6) is 0 Å². The van der Waals surface area contributed by atoms with Gasteiger partial charge in [-0.05, 0) is 34.7 Å². The zero-order valence-electron chi connectivity index (χ0n) is 6.17. The molecule has 1 aromatic rings. The number of aromatic carboxylic acids is 1. The second-order valence-corrected chi connectivity index (χ2v) is 3.32. The predicted octanol–water partition coefficient (Wildman–Crippen LogP) is 2.32. The minimum Gasteiger partial charge on any atom is -0.477 e. The molecular weight excluding hydrogens is 295 g/mol. The summed E-state index contributed by atoms with van der Waals surface area (Å²) in [5.41, 5.74) is -0.681. The molecule has 1 heterocycles. The van der Waals surface area contributed by atoms with Crippen LogP contribution in [0.15, 0.2) is 12.1 Å². The van der Waals surface area contributed by atoms with E-state index >= 15 is 0 Å². The van der Waals surface area contributed by atoms with Crippen molar-refractivity contribution in [2.75, 3.05) is 0 Å². The summed E-state index contributed by atoms with van der Waals surface area (Å²) in [7, 11) is 0.